The fraction of sp³-hybridized carbons (Fsp3) is 0.250. The Balaban J connectivity index is 2.21. The molecule has 0 amide bonds. The van der Waals surface area contributed by atoms with Crippen LogP contribution in [0.15, 0.2) is 42.5 Å². The van der Waals surface area contributed by atoms with Gasteiger partial charge in [-0.1, -0.05) is 41.4 Å². The number of hydrogen-bond acceptors (Lipinski definition) is 2. The molecule has 2 nitrogen and oxygen atoms in total. The van der Waals surface area contributed by atoms with Crippen LogP contribution in [0, 0.1) is 0 Å². The molecule has 2 rings (SSSR count). The minimum atomic E-state index is 0.178. The van der Waals surface area contributed by atoms with Gasteiger partial charge in [-0.25, -0.2) is 0 Å². The minimum Gasteiger partial charge on any atom is -0.497 e. The zero-order valence-electron chi connectivity index (χ0n) is 11.5. The SMILES string of the molecule is CNC(Cc1cccc(OC)c1)c1ccc(Cl)c(Cl)c1. The Morgan fingerprint density at radius 2 is 1.90 bits per heavy atom. The summed E-state index contributed by atoms with van der Waals surface area (Å²) in [6.07, 6.45) is 0.853. The van der Waals surface area contributed by atoms with Crippen molar-refractivity contribution in [2.24, 2.45) is 0 Å². The molecule has 1 N–H and O–H groups in total. The van der Waals surface area contributed by atoms with Gasteiger partial charge in [-0.3, -0.25) is 0 Å². The topological polar surface area (TPSA) is 21.3 Å². The van der Waals surface area contributed by atoms with Crippen molar-refractivity contribution in [2.75, 3.05) is 14.2 Å². The van der Waals surface area contributed by atoms with E-state index in [9.17, 15) is 0 Å². The van der Waals surface area contributed by atoms with Gasteiger partial charge >= 0.3 is 0 Å². The molecule has 0 aromatic heterocycles. The van der Waals surface area contributed by atoms with Crippen molar-refractivity contribution in [1.82, 2.24) is 5.32 Å². The zero-order chi connectivity index (χ0) is 14.5. The second-order valence-electron chi connectivity index (χ2n) is 4.57. The van der Waals surface area contributed by atoms with Crippen LogP contribution in [0.3, 0.4) is 0 Å². The van der Waals surface area contributed by atoms with Gasteiger partial charge in [0.2, 0.25) is 0 Å². The average Bonchev–Trinajstić information content (AvgIpc) is 2.48. The Morgan fingerprint density at radius 3 is 2.55 bits per heavy atom. The van der Waals surface area contributed by atoms with Gasteiger partial charge in [0.15, 0.2) is 0 Å². The van der Waals surface area contributed by atoms with Crippen LogP contribution in [0.5, 0.6) is 5.75 Å². The summed E-state index contributed by atoms with van der Waals surface area (Å²) in [5.41, 5.74) is 2.32. The lowest BCUT2D eigenvalue weighted by molar-refractivity contribution is 0.414. The molecule has 0 spiro atoms. The molecule has 1 atom stereocenters. The molecule has 106 valence electrons. The predicted molar refractivity (Wildman–Crippen MR) is 85.0 cm³/mol. The van der Waals surface area contributed by atoms with Gasteiger partial charge in [0.25, 0.3) is 0 Å². The second-order valence-corrected chi connectivity index (χ2v) is 5.38. The number of nitrogens with one attached hydrogen (secondary N) is 1. The fourth-order valence-corrected chi connectivity index (χ4v) is 2.46. The lowest BCUT2D eigenvalue weighted by Gasteiger charge is -2.18. The molecule has 0 radical (unpaired) electrons. The first-order chi connectivity index (χ1) is 9.63. The van der Waals surface area contributed by atoms with E-state index in [1.165, 1.54) is 5.56 Å². The maximum absolute atomic E-state index is 6.09. The largest absolute Gasteiger partial charge is 0.497 e. The Labute approximate surface area is 129 Å². The monoisotopic (exact) mass is 309 g/mol. The van der Waals surface area contributed by atoms with Crippen molar-refractivity contribution in [2.45, 2.75) is 12.5 Å². The first-order valence-electron chi connectivity index (χ1n) is 6.39. The normalized spacial score (nSPS) is 12.2. The van der Waals surface area contributed by atoms with Gasteiger partial charge in [0, 0.05) is 6.04 Å². The van der Waals surface area contributed by atoms with E-state index in [0.29, 0.717) is 10.0 Å². The third-order valence-corrected chi connectivity index (χ3v) is 4.01. The summed E-state index contributed by atoms with van der Waals surface area (Å²) >= 11 is 12.0. The summed E-state index contributed by atoms with van der Waals surface area (Å²) in [5.74, 6) is 0.867. The van der Waals surface area contributed by atoms with Gasteiger partial charge in [0.1, 0.15) is 5.75 Å². The second kappa shape index (κ2) is 6.98. The van der Waals surface area contributed by atoms with E-state index in [0.717, 1.165) is 17.7 Å². The molecule has 0 aliphatic heterocycles. The number of methoxy groups -OCH3 is 1. The summed E-state index contributed by atoms with van der Waals surface area (Å²) in [5, 5.41) is 4.46. The van der Waals surface area contributed by atoms with E-state index in [4.69, 9.17) is 27.9 Å². The molecule has 0 saturated carbocycles. The molecule has 0 aliphatic rings. The van der Waals surface area contributed by atoms with Gasteiger partial charge in [0.05, 0.1) is 17.2 Å². The van der Waals surface area contributed by atoms with E-state index in [1.807, 2.05) is 43.4 Å². The molecule has 1 unspecified atom stereocenters. The van der Waals surface area contributed by atoms with Crippen molar-refractivity contribution in [3.8, 4) is 5.75 Å². The van der Waals surface area contributed by atoms with Crippen molar-refractivity contribution < 1.29 is 4.74 Å². The van der Waals surface area contributed by atoms with Crippen LogP contribution in [0.4, 0.5) is 0 Å². The highest BCUT2D eigenvalue weighted by Gasteiger charge is 2.12. The van der Waals surface area contributed by atoms with Crippen LogP contribution in [-0.2, 0) is 6.42 Å². The lowest BCUT2D eigenvalue weighted by atomic mass is 9.99. The lowest BCUT2D eigenvalue weighted by Crippen LogP contribution is -2.18. The molecule has 0 aliphatic carbocycles. The number of likely N-dealkylation sites (N-methyl/N-ethyl adjacent to an activating group) is 1. The van der Waals surface area contributed by atoms with Gasteiger partial charge in [-0.2, -0.15) is 0 Å². The molecule has 0 fully saturated rings. The smallest absolute Gasteiger partial charge is 0.119 e. The maximum Gasteiger partial charge on any atom is 0.119 e. The van der Waals surface area contributed by atoms with Crippen molar-refractivity contribution in [1.29, 1.82) is 0 Å². The third kappa shape index (κ3) is 3.66. The number of hydrogen-bond donors (Lipinski definition) is 1. The van der Waals surface area contributed by atoms with E-state index < -0.39 is 0 Å². The van der Waals surface area contributed by atoms with Crippen LogP contribution >= 0.6 is 23.2 Å². The van der Waals surface area contributed by atoms with E-state index in [-0.39, 0.29) is 6.04 Å². The fourth-order valence-electron chi connectivity index (χ4n) is 2.15. The van der Waals surface area contributed by atoms with Crippen molar-refractivity contribution >= 4 is 23.2 Å². The van der Waals surface area contributed by atoms with E-state index >= 15 is 0 Å². The van der Waals surface area contributed by atoms with Crippen molar-refractivity contribution in [3.63, 3.8) is 0 Å². The molecule has 0 saturated heterocycles. The first-order valence-corrected chi connectivity index (χ1v) is 7.14. The maximum atomic E-state index is 6.09. The van der Waals surface area contributed by atoms with Crippen LogP contribution in [0.2, 0.25) is 10.0 Å². The first kappa shape index (κ1) is 15.2. The highest BCUT2D eigenvalue weighted by atomic mass is 35.5. The Kier molecular flexibility index (Phi) is 5.30. The Bertz CT molecular complexity index is 586. The van der Waals surface area contributed by atoms with E-state index in [1.54, 1.807) is 7.11 Å². The number of halogens is 2. The molecule has 4 heteroatoms. The summed E-state index contributed by atoms with van der Waals surface area (Å²) in [6, 6.07) is 14.0. The highest BCUT2D eigenvalue weighted by molar-refractivity contribution is 6.42. The summed E-state index contributed by atoms with van der Waals surface area (Å²) in [7, 11) is 3.61. The van der Waals surface area contributed by atoms with Crippen LogP contribution < -0.4 is 10.1 Å². The summed E-state index contributed by atoms with van der Waals surface area (Å²) in [4.78, 5) is 0. The van der Waals surface area contributed by atoms with E-state index in [2.05, 4.69) is 11.4 Å². The summed E-state index contributed by atoms with van der Waals surface area (Å²) in [6.45, 7) is 0. The van der Waals surface area contributed by atoms with Crippen LogP contribution in [0.25, 0.3) is 0 Å². The zero-order valence-corrected chi connectivity index (χ0v) is 13.0. The summed E-state index contributed by atoms with van der Waals surface area (Å²) < 4.78 is 5.25. The van der Waals surface area contributed by atoms with Gasteiger partial charge in [-0.05, 0) is 48.9 Å². The number of benzene rings is 2. The number of rotatable bonds is 5. The van der Waals surface area contributed by atoms with Gasteiger partial charge in [-0.15, -0.1) is 0 Å². The standard InChI is InChI=1S/C16H17Cl2NO/c1-19-16(12-6-7-14(17)15(18)10-12)9-11-4-3-5-13(8-11)20-2/h3-8,10,16,19H,9H2,1-2H3. The Hall–Kier alpha value is -1.22. The predicted octanol–water partition coefficient (Wildman–Crippen LogP) is 4.51. The molecule has 2 aromatic carbocycles. The molecule has 0 heterocycles. The van der Waals surface area contributed by atoms with Crippen LogP contribution in [0.1, 0.15) is 17.2 Å². The van der Waals surface area contributed by atoms with Gasteiger partial charge < -0.3 is 10.1 Å². The molecule has 2 aromatic rings. The molecular formula is C16H17Cl2NO. The number of ether oxygens (including phenoxy) is 1. The minimum absolute atomic E-state index is 0.178. The van der Waals surface area contributed by atoms with Crippen molar-refractivity contribution in [3.05, 3.63) is 63.6 Å². The van der Waals surface area contributed by atoms with Crippen LogP contribution in [-0.4, -0.2) is 14.2 Å². The highest BCUT2D eigenvalue weighted by Crippen LogP contribution is 2.27. The molecule has 20 heavy (non-hydrogen) atoms. The third-order valence-electron chi connectivity index (χ3n) is 3.27. The quantitative estimate of drug-likeness (QED) is 0.877. The molecule has 0 bridgehead atoms. The Morgan fingerprint density at radius 1 is 1.10 bits per heavy atom. The molecular weight excluding hydrogens is 293 g/mol. The average molecular weight is 310 g/mol.